The van der Waals surface area contributed by atoms with E-state index in [1.807, 2.05) is 0 Å². The first-order valence-electron chi connectivity index (χ1n) is 6.17. The molecule has 8 nitrogen and oxygen atoms in total. The van der Waals surface area contributed by atoms with E-state index in [1.165, 1.54) is 16.2 Å². The van der Waals surface area contributed by atoms with Crippen LogP contribution in [0.15, 0.2) is 25.9 Å². The number of carbonyl (C=O) groups is 1. The highest BCUT2D eigenvalue weighted by molar-refractivity contribution is 7.99. The number of carboxylic acids is 1. The van der Waals surface area contributed by atoms with Crippen LogP contribution in [0.2, 0.25) is 0 Å². The molecule has 22 heavy (non-hydrogen) atoms. The van der Waals surface area contributed by atoms with Crippen LogP contribution in [0, 0.1) is 0 Å². The number of nitrogens with zero attached hydrogens (tertiary/aromatic N) is 3. The number of aryl methyl sites for hydroxylation is 1. The smallest absolute Gasteiger partial charge is 0.329 e. The second-order valence-electron chi connectivity index (χ2n) is 4.47. The van der Waals surface area contributed by atoms with Crippen molar-refractivity contribution >= 4 is 40.5 Å². The van der Waals surface area contributed by atoms with Crippen molar-refractivity contribution in [3.8, 4) is 0 Å². The van der Waals surface area contributed by atoms with Gasteiger partial charge in [-0.15, -0.1) is 0 Å². The molecule has 0 aromatic carbocycles. The molecule has 0 aliphatic heterocycles. The number of H-pyrrole nitrogens is 1. The van der Waals surface area contributed by atoms with Crippen molar-refractivity contribution in [2.45, 2.75) is 18.6 Å². The zero-order valence-electron chi connectivity index (χ0n) is 11.8. The van der Waals surface area contributed by atoms with Crippen LogP contribution in [-0.2, 0) is 18.4 Å². The van der Waals surface area contributed by atoms with Crippen LogP contribution < -0.4 is 11.2 Å². The average molecular weight is 345 g/mol. The Hall–Kier alpha value is -2.00. The number of allylic oxidation sites excluding steroid dienone is 2. The lowest BCUT2D eigenvalue weighted by atomic mass is 10.4. The van der Waals surface area contributed by atoms with Gasteiger partial charge in [-0.2, -0.15) is 0 Å². The van der Waals surface area contributed by atoms with E-state index in [0.29, 0.717) is 10.2 Å². The number of rotatable bonds is 5. The van der Waals surface area contributed by atoms with E-state index in [-0.39, 0.29) is 23.5 Å². The highest BCUT2D eigenvalue weighted by Crippen LogP contribution is 2.21. The number of aliphatic carboxylic acids is 1. The van der Waals surface area contributed by atoms with E-state index in [4.69, 9.17) is 16.7 Å². The lowest BCUT2D eigenvalue weighted by Gasteiger charge is -2.04. The van der Waals surface area contributed by atoms with Gasteiger partial charge in [0.1, 0.15) is 0 Å². The third-order valence-electron chi connectivity index (χ3n) is 2.85. The van der Waals surface area contributed by atoms with Crippen LogP contribution in [0.3, 0.4) is 0 Å². The topological polar surface area (TPSA) is 110 Å². The van der Waals surface area contributed by atoms with Gasteiger partial charge in [0.25, 0.3) is 5.56 Å². The van der Waals surface area contributed by atoms with Gasteiger partial charge in [0.2, 0.25) is 0 Å². The van der Waals surface area contributed by atoms with Crippen molar-refractivity contribution in [3.05, 3.63) is 31.9 Å². The molecule has 0 amide bonds. The first kappa shape index (κ1) is 16.4. The number of halogens is 1. The van der Waals surface area contributed by atoms with Gasteiger partial charge in [0, 0.05) is 18.6 Å². The Morgan fingerprint density at radius 2 is 2.18 bits per heavy atom. The standard InChI is InChI=1S/C12H13ClN4O4S/c1-6(13)3-4-17-8-9(14-12(17)22-5-7(18)19)16(2)11(21)15-10(8)20/h3H,4-5H2,1-2H3,(H,18,19)(H,15,20,21). The number of nitrogens with one attached hydrogen (secondary N) is 1. The fourth-order valence-corrected chi connectivity index (χ4v) is 2.63. The average Bonchev–Trinajstić information content (AvgIpc) is 2.79. The number of hydrogen-bond donors (Lipinski definition) is 2. The summed E-state index contributed by atoms with van der Waals surface area (Å²) in [7, 11) is 1.48. The zero-order chi connectivity index (χ0) is 16.4. The number of carboxylic acid groups (broad SMARTS) is 1. The lowest BCUT2D eigenvalue weighted by molar-refractivity contribution is -0.133. The summed E-state index contributed by atoms with van der Waals surface area (Å²) in [5.74, 6) is -1.21. The van der Waals surface area contributed by atoms with Crippen LogP contribution in [-0.4, -0.2) is 35.9 Å². The quantitative estimate of drug-likeness (QED) is 0.774. The molecule has 2 N–H and O–H groups in total. The molecule has 2 rings (SSSR count). The van der Waals surface area contributed by atoms with E-state index in [2.05, 4.69) is 9.97 Å². The number of thioether (sulfide) groups is 1. The molecular formula is C12H13ClN4O4S. The van der Waals surface area contributed by atoms with Crippen molar-refractivity contribution in [3.63, 3.8) is 0 Å². The van der Waals surface area contributed by atoms with Gasteiger partial charge in [0.15, 0.2) is 16.3 Å². The predicted octanol–water partition coefficient (Wildman–Crippen LogP) is 0.743. The molecule has 0 aliphatic carbocycles. The maximum atomic E-state index is 12.1. The molecule has 0 aliphatic rings. The van der Waals surface area contributed by atoms with Gasteiger partial charge in [-0.25, -0.2) is 9.78 Å². The van der Waals surface area contributed by atoms with Crippen LogP contribution in [0.4, 0.5) is 0 Å². The SMILES string of the molecule is CC(Cl)=CCn1c(SCC(=O)O)nc2c1c(=O)[nH]c(=O)n2C. The number of imidazole rings is 1. The number of hydrogen-bond acceptors (Lipinski definition) is 5. The molecular weight excluding hydrogens is 332 g/mol. The second-order valence-corrected chi connectivity index (χ2v) is 6.01. The highest BCUT2D eigenvalue weighted by Gasteiger charge is 2.17. The molecule has 0 unspecified atom stereocenters. The molecule has 2 aromatic rings. The van der Waals surface area contributed by atoms with Gasteiger partial charge < -0.3 is 9.67 Å². The van der Waals surface area contributed by atoms with Crippen molar-refractivity contribution < 1.29 is 9.90 Å². The van der Waals surface area contributed by atoms with Gasteiger partial charge in [0.05, 0.1) is 5.75 Å². The van der Waals surface area contributed by atoms with Crippen molar-refractivity contribution in [1.29, 1.82) is 0 Å². The summed E-state index contributed by atoms with van der Waals surface area (Å²) in [6, 6.07) is 0. The van der Waals surface area contributed by atoms with Gasteiger partial charge in [-0.3, -0.25) is 19.1 Å². The molecule has 0 radical (unpaired) electrons. The summed E-state index contributed by atoms with van der Waals surface area (Å²) >= 11 is 6.77. The van der Waals surface area contributed by atoms with E-state index in [1.54, 1.807) is 13.0 Å². The fourth-order valence-electron chi connectivity index (χ4n) is 1.84. The second kappa shape index (κ2) is 6.41. The van der Waals surface area contributed by atoms with Crippen LogP contribution in [0.1, 0.15) is 6.92 Å². The molecule has 0 spiro atoms. The number of aromatic amines is 1. The summed E-state index contributed by atoms with van der Waals surface area (Å²) in [6.07, 6.45) is 1.66. The number of aromatic nitrogens is 4. The summed E-state index contributed by atoms with van der Waals surface area (Å²) in [6.45, 7) is 1.93. The maximum absolute atomic E-state index is 12.1. The Balaban J connectivity index is 2.69. The molecule has 118 valence electrons. The summed E-state index contributed by atoms with van der Waals surface area (Å²) in [5.41, 5.74) is -0.763. The minimum absolute atomic E-state index is 0.197. The van der Waals surface area contributed by atoms with Gasteiger partial charge in [-0.05, 0) is 6.92 Å². The van der Waals surface area contributed by atoms with Crippen molar-refractivity contribution in [2.24, 2.45) is 7.05 Å². The lowest BCUT2D eigenvalue weighted by Crippen LogP contribution is -2.29. The van der Waals surface area contributed by atoms with E-state index < -0.39 is 17.2 Å². The Labute approximate surface area is 133 Å². The Bertz CT molecular complexity index is 876. The van der Waals surface area contributed by atoms with Crippen molar-refractivity contribution in [1.82, 2.24) is 19.1 Å². The predicted molar refractivity (Wildman–Crippen MR) is 83.6 cm³/mol. The molecule has 0 fully saturated rings. The molecule has 0 saturated heterocycles. The first-order valence-corrected chi connectivity index (χ1v) is 7.54. The maximum Gasteiger partial charge on any atom is 0.329 e. The van der Waals surface area contributed by atoms with Gasteiger partial charge >= 0.3 is 11.7 Å². The Kier molecular flexibility index (Phi) is 4.77. The monoisotopic (exact) mass is 344 g/mol. The van der Waals surface area contributed by atoms with E-state index in [9.17, 15) is 14.4 Å². The molecule has 2 heterocycles. The third kappa shape index (κ3) is 3.25. The van der Waals surface area contributed by atoms with Crippen LogP contribution in [0.25, 0.3) is 11.2 Å². The summed E-state index contributed by atoms with van der Waals surface area (Å²) in [5, 5.41) is 9.65. The summed E-state index contributed by atoms with van der Waals surface area (Å²) in [4.78, 5) is 40.8. The summed E-state index contributed by atoms with van der Waals surface area (Å²) < 4.78 is 2.74. The third-order valence-corrected chi connectivity index (χ3v) is 3.97. The van der Waals surface area contributed by atoms with Crippen LogP contribution in [0.5, 0.6) is 0 Å². The largest absolute Gasteiger partial charge is 0.481 e. The van der Waals surface area contributed by atoms with Crippen LogP contribution >= 0.6 is 23.4 Å². The molecule has 2 aromatic heterocycles. The minimum Gasteiger partial charge on any atom is -0.481 e. The Morgan fingerprint density at radius 1 is 1.50 bits per heavy atom. The molecule has 0 saturated carbocycles. The van der Waals surface area contributed by atoms with Gasteiger partial charge in [-0.1, -0.05) is 29.4 Å². The molecule has 0 atom stereocenters. The minimum atomic E-state index is -1.00. The number of fused-ring (bicyclic) bond motifs is 1. The first-order chi connectivity index (χ1) is 10.3. The fraction of sp³-hybridized carbons (Fsp3) is 0.333. The van der Waals surface area contributed by atoms with Crippen molar-refractivity contribution in [2.75, 3.05) is 5.75 Å². The zero-order valence-corrected chi connectivity index (χ0v) is 13.4. The van der Waals surface area contributed by atoms with E-state index in [0.717, 1.165) is 11.8 Å². The highest BCUT2D eigenvalue weighted by atomic mass is 35.5. The Morgan fingerprint density at radius 3 is 2.77 bits per heavy atom. The normalized spacial score (nSPS) is 12.0. The molecule has 0 bridgehead atoms. The molecule has 10 heteroatoms. The van der Waals surface area contributed by atoms with E-state index >= 15 is 0 Å².